The number of para-hydroxylation sites is 1. The van der Waals surface area contributed by atoms with Crippen LogP contribution in [0.15, 0.2) is 200 Å². The van der Waals surface area contributed by atoms with Crippen LogP contribution in [-0.2, 0) is 5.41 Å². The van der Waals surface area contributed by atoms with Gasteiger partial charge in [-0.1, -0.05) is 170 Å². The van der Waals surface area contributed by atoms with E-state index in [0.29, 0.717) is 0 Å². The van der Waals surface area contributed by atoms with Gasteiger partial charge in [0.2, 0.25) is 0 Å². The van der Waals surface area contributed by atoms with Crippen LogP contribution in [-0.4, -0.2) is 0 Å². The van der Waals surface area contributed by atoms with E-state index in [1.807, 2.05) is 0 Å². The topological polar surface area (TPSA) is 3.24 Å². The Bertz CT molecular complexity index is 2470. The monoisotopic (exact) mass is 635 g/mol. The van der Waals surface area contributed by atoms with Crippen molar-refractivity contribution in [2.24, 2.45) is 0 Å². The lowest BCUT2D eigenvalue weighted by Crippen LogP contribution is -2.26. The van der Waals surface area contributed by atoms with Crippen molar-refractivity contribution in [2.75, 3.05) is 4.90 Å². The second-order valence-corrected chi connectivity index (χ2v) is 13.2. The third kappa shape index (κ3) is 4.07. The second-order valence-electron chi connectivity index (χ2n) is 13.2. The van der Waals surface area contributed by atoms with Crippen LogP contribution in [0.25, 0.3) is 44.5 Å². The molecule has 2 aliphatic carbocycles. The Morgan fingerprint density at radius 3 is 1.34 bits per heavy atom. The third-order valence-corrected chi connectivity index (χ3v) is 10.7. The van der Waals surface area contributed by atoms with Crippen LogP contribution in [0.4, 0.5) is 17.1 Å². The standard InChI is InChI=1S/C49H33N/c1-4-17-34(18-5-1)38-26-16-30-47(48(38)35-19-6-2-7-20-35)50(36-21-8-3-9-22-36)37-31-32-42-41-25-12-15-29-45(41)49(46(42)33-37)43-27-13-10-23-39(43)40-24-11-14-28-44(40)49/h1-33H. The van der Waals surface area contributed by atoms with Crippen LogP contribution in [0, 0.1) is 0 Å². The van der Waals surface area contributed by atoms with Gasteiger partial charge in [0.15, 0.2) is 0 Å². The Morgan fingerprint density at radius 2 is 0.760 bits per heavy atom. The SMILES string of the molecule is c1ccc(-c2cccc(N(c3ccccc3)c3ccc4c(c3)C3(c5ccccc5-c5ccccc53)c3ccccc3-4)c2-c2ccccc2)cc1. The van der Waals surface area contributed by atoms with E-state index >= 15 is 0 Å². The molecule has 0 bridgehead atoms. The number of rotatable bonds is 5. The maximum atomic E-state index is 2.48. The fourth-order valence-corrected chi connectivity index (χ4v) is 8.72. The molecule has 0 saturated heterocycles. The van der Waals surface area contributed by atoms with Gasteiger partial charge >= 0.3 is 0 Å². The average molecular weight is 636 g/mol. The Hall–Kier alpha value is -6.44. The van der Waals surface area contributed by atoms with Crippen molar-refractivity contribution < 1.29 is 0 Å². The molecule has 0 N–H and O–H groups in total. The van der Waals surface area contributed by atoms with Crippen molar-refractivity contribution in [2.45, 2.75) is 5.41 Å². The molecule has 2 aliphatic rings. The number of benzene rings is 8. The smallest absolute Gasteiger partial charge is 0.0726 e. The molecule has 1 spiro atoms. The second kappa shape index (κ2) is 11.3. The van der Waals surface area contributed by atoms with Crippen LogP contribution in [0.3, 0.4) is 0 Å². The summed E-state index contributed by atoms with van der Waals surface area (Å²) in [5, 5.41) is 0. The fourth-order valence-electron chi connectivity index (χ4n) is 8.72. The van der Waals surface area contributed by atoms with E-state index in [2.05, 4.69) is 205 Å². The van der Waals surface area contributed by atoms with Crippen molar-refractivity contribution in [1.29, 1.82) is 0 Å². The van der Waals surface area contributed by atoms with Gasteiger partial charge in [-0.05, 0) is 91.5 Å². The van der Waals surface area contributed by atoms with Crippen LogP contribution in [0.5, 0.6) is 0 Å². The van der Waals surface area contributed by atoms with Gasteiger partial charge in [-0.3, -0.25) is 0 Å². The first-order chi connectivity index (χ1) is 24.8. The first-order valence-electron chi connectivity index (χ1n) is 17.4. The van der Waals surface area contributed by atoms with Crippen molar-refractivity contribution in [3.05, 3.63) is 222 Å². The molecule has 1 heteroatoms. The van der Waals surface area contributed by atoms with Crippen molar-refractivity contribution in [1.82, 2.24) is 0 Å². The zero-order chi connectivity index (χ0) is 33.1. The molecule has 0 fully saturated rings. The highest BCUT2D eigenvalue weighted by molar-refractivity contribution is 5.99. The molecule has 8 aromatic rings. The van der Waals surface area contributed by atoms with Gasteiger partial charge in [0.25, 0.3) is 0 Å². The first kappa shape index (κ1) is 28.6. The summed E-state index contributed by atoms with van der Waals surface area (Å²) in [6.07, 6.45) is 0. The first-order valence-corrected chi connectivity index (χ1v) is 17.4. The Kier molecular flexibility index (Phi) is 6.47. The number of fused-ring (bicyclic) bond motifs is 10. The van der Waals surface area contributed by atoms with Gasteiger partial charge in [0.05, 0.1) is 11.1 Å². The van der Waals surface area contributed by atoms with Crippen LogP contribution >= 0.6 is 0 Å². The normalized spacial score (nSPS) is 13.0. The average Bonchev–Trinajstić information content (AvgIpc) is 3.66. The summed E-state index contributed by atoms with van der Waals surface area (Å²) < 4.78 is 0. The van der Waals surface area contributed by atoms with Gasteiger partial charge in [-0.25, -0.2) is 0 Å². The summed E-state index contributed by atoms with van der Waals surface area (Å²) in [5.41, 5.74) is 18.4. The van der Waals surface area contributed by atoms with Crippen LogP contribution < -0.4 is 4.90 Å². The largest absolute Gasteiger partial charge is 0.310 e. The van der Waals surface area contributed by atoms with Gasteiger partial charge < -0.3 is 4.90 Å². The summed E-state index contributed by atoms with van der Waals surface area (Å²) in [7, 11) is 0. The highest BCUT2D eigenvalue weighted by atomic mass is 15.1. The molecule has 8 aromatic carbocycles. The molecule has 0 unspecified atom stereocenters. The molecule has 10 rings (SSSR count). The minimum absolute atomic E-state index is 0.411. The van der Waals surface area contributed by atoms with E-state index in [9.17, 15) is 0 Å². The molecule has 0 aromatic heterocycles. The third-order valence-electron chi connectivity index (χ3n) is 10.7. The van der Waals surface area contributed by atoms with E-state index in [0.717, 1.165) is 17.1 Å². The zero-order valence-corrected chi connectivity index (χ0v) is 27.5. The van der Waals surface area contributed by atoms with E-state index in [1.165, 1.54) is 66.8 Å². The number of anilines is 3. The molecular formula is C49H33N. The summed E-state index contributed by atoms with van der Waals surface area (Å²) in [5.74, 6) is 0. The summed E-state index contributed by atoms with van der Waals surface area (Å²) >= 11 is 0. The predicted molar refractivity (Wildman–Crippen MR) is 208 cm³/mol. The van der Waals surface area contributed by atoms with E-state index in [-0.39, 0.29) is 0 Å². The molecule has 0 atom stereocenters. The fraction of sp³-hybridized carbons (Fsp3) is 0.0204. The Balaban J connectivity index is 1.28. The molecule has 1 nitrogen and oxygen atoms in total. The lowest BCUT2D eigenvalue weighted by Gasteiger charge is -2.33. The highest BCUT2D eigenvalue weighted by Crippen LogP contribution is 2.63. The quantitative estimate of drug-likeness (QED) is 0.182. The maximum Gasteiger partial charge on any atom is 0.0726 e. The maximum absolute atomic E-state index is 2.48. The molecular weight excluding hydrogens is 603 g/mol. The molecule has 0 amide bonds. The van der Waals surface area contributed by atoms with Crippen molar-refractivity contribution in [3.8, 4) is 44.5 Å². The predicted octanol–water partition coefficient (Wildman–Crippen LogP) is 12.8. The zero-order valence-electron chi connectivity index (χ0n) is 27.5. The number of nitrogens with zero attached hydrogens (tertiary/aromatic N) is 1. The van der Waals surface area contributed by atoms with E-state index in [4.69, 9.17) is 0 Å². The Labute approximate surface area is 293 Å². The lowest BCUT2D eigenvalue weighted by molar-refractivity contribution is 0.793. The van der Waals surface area contributed by atoms with Crippen LogP contribution in [0.1, 0.15) is 22.3 Å². The van der Waals surface area contributed by atoms with Gasteiger partial charge in [-0.2, -0.15) is 0 Å². The molecule has 234 valence electrons. The van der Waals surface area contributed by atoms with Gasteiger partial charge in [0.1, 0.15) is 0 Å². The summed E-state index contributed by atoms with van der Waals surface area (Å²) in [6.45, 7) is 0. The minimum atomic E-state index is -0.411. The molecule has 0 aliphatic heterocycles. The summed E-state index contributed by atoms with van der Waals surface area (Å²) in [6, 6.07) is 73.4. The van der Waals surface area contributed by atoms with Crippen molar-refractivity contribution >= 4 is 17.1 Å². The van der Waals surface area contributed by atoms with E-state index in [1.54, 1.807) is 0 Å². The highest BCUT2D eigenvalue weighted by Gasteiger charge is 2.51. The molecule has 0 saturated carbocycles. The number of hydrogen-bond acceptors (Lipinski definition) is 1. The molecule has 50 heavy (non-hydrogen) atoms. The van der Waals surface area contributed by atoms with Gasteiger partial charge in [0, 0.05) is 16.9 Å². The minimum Gasteiger partial charge on any atom is -0.310 e. The summed E-state index contributed by atoms with van der Waals surface area (Å²) in [4.78, 5) is 2.46. The molecule has 0 heterocycles. The molecule has 0 radical (unpaired) electrons. The van der Waals surface area contributed by atoms with E-state index < -0.39 is 5.41 Å². The van der Waals surface area contributed by atoms with Gasteiger partial charge in [-0.15, -0.1) is 0 Å². The lowest BCUT2D eigenvalue weighted by atomic mass is 9.70. The van der Waals surface area contributed by atoms with Crippen LogP contribution in [0.2, 0.25) is 0 Å². The number of hydrogen-bond donors (Lipinski definition) is 0. The van der Waals surface area contributed by atoms with Crippen molar-refractivity contribution in [3.63, 3.8) is 0 Å². The Morgan fingerprint density at radius 1 is 0.300 bits per heavy atom.